The van der Waals surface area contributed by atoms with Crippen molar-refractivity contribution in [3.05, 3.63) is 11.3 Å². The number of ether oxygens (including phenoxy) is 1. The van der Waals surface area contributed by atoms with Gasteiger partial charge in [0, 0.05) is 13.1 Å². The van der Waals surface area contributed by atoms with Gasteiger partial charge in [0.25, 0.3) is 0 Å². The van der Waals surface area contributed by atoms with E-state index in [4.69, 9.17) is 10.5 Å². The summed E-state index contributed by atoms with van der Waals surface area (Å²) >= 11 is 0. The molecule has 0 saturated heterocycles. The Labute approximate surface area is 133 Å². The second-order valence-corrected chi connectivity index (χ2v) is 5.95. The summed E-state index contributed by atoms with van der Waals surface area (Å²) in [4.78, 5) is 4.50. The summed E-state index contributed by atoms with van der Waals surface area (Å²) in [6, 6.07) is 0.465. The molecule has 1 saturated carbocycles. The third-order valence-corrected chi connectivity index (χ3v) is 4.31. The van der Waals surface area contributed by atoms with Crippen LogP contribution in [0.15, 0.2) is 4.99 Å². The number of aromatic nitrogens is 2. The fourth-order valence-corrected chi connectivity index (χ4v) is 3.15. The Hall–Kier alpha value is -1.72. The predicted octanol–water partition coefficient (Wildman–Crippen LogP) is 2.12. The summed E-state index contributed by atoms with van der Waals surface area (Å²) in [6.07, 6.45) is 8.46. The van der Waals surface area contributed by atoms with Crippen LogP contribution in [0.4, 0.5) is 0 Å². The molecular weight excluding hydrogens is 278 g/mol. The summed E-state index contributed by atoms with van der Waals surface area (Å²) in [7, 11) is 3.55. The van der Waals surface area contributed by atoms with E-state index >= 15 is 0 Å². The number of aryl methyl sites for hydroxylation is 2. The van der Waals surface area contributed by atoms with Crippen LogP contribution in [0.5, 0.6) is 5.88 Å². The van der Waals surface area contributed by atoms with Crippen molar-refractivity contribution in [1.82, 2.24) is 15.1 Å². The zero-order chi connectivity index (χ0) is 15.9. The molecule has 0 atom stereocenters. The first-order chi connectivity index (χ1) is 10.7. The average Bonchev–Trinajstić information content (AvgIpc) is 2.66. The molecule has 22 heavy (non-hydrogen) atoms. The maximum absolute atomic E-state index is 6.06. The first-order valence-corrected chi connectivity index (χ1v) is 8.30. The Kier molecular flexibility index (Phi) is 6.10. The van der Waals surface area contributed by atoms with Crippen LogP contribution in [0.2, 0.25) is 0 Å². The molecule has 1 aromatic rings. The molecule has 0 amide bonds. The van der Waals surface area contributed by atoms with E-state index < -0.39 is 0 Å². The van der Waals surface area contributed by atoms with Crippen LogP contribution in [-0.2, 0) is 20.0 Å². The predicted molar refractivity (Wildman–Crippen MR) is 89.1 cm³/mol. The highest BCUT2D eigenvalue weighted by atomic mass is 16.5. The van der Waals surface area contributed by atoms with Crippen molar-refractivity contribution in [2.75, 3.05) is 7.11 Å². The number of hydrogen-bond donors (Lipinski definition) is 2. The molecule has 0 aromatic carbocycles. The lowest BCUT2D eigenvalue weighted by molar-refractivity contribution is 0.369. The molecule has 0 radical (unpaired) electrons. The van der Waals surface area contributed by atoms with Crippen LogP contribution < -0.4 is 15.8 Å². The third-order valence-electron chi connectivity index (χ3n) is 4.31. The maximum atomic E-state index is 6.06. The molecular formula is C16H29N5O. The van der Waals surface area contributed by atoms with E-state index in [1.54, 1.807) is 11.8 Å². The van der Waals surface area contributed by atoms with Crippen molar-refractivity contribution in [1.29, 1.82) is 0 Å². The minimum Gasteiger partial charge on any atom is -0.481 e. The molecule has 1 heterocycles. The molecule has 3 N–H and O–H groups in total. The van der Waals surface area contributed by atoms with Crippen molar-refractivity contribution in [2.24, 2.45) is 17.8 Å². The maximum Gasteiger partial charge on any atom is 0.216 e. The van der Waals surface area contributed by atoms with Crippen LogP contribution in [0.3, 0.4) is 0 Å². The van der Waals surface area contributed by atoms with Gasteiger partial charge in [-0.3, -0.25) is 0 Å². The Morgan fingerprint density at radius 1 is 1.36 bits per heavy atom. The highest BCUT2D eigenvalue weighted by Crippen LogP contribution is 2.23. The largest absolute Gasteiger partial charge is 0.481 e. The Morgan fingerprint density at radius 2 is 2.05 bits per heavy atom. The fourth-order valence-electron chi connectivity index (χ4n) is 3.15. The van der Waals surface area contributed by atoms with Crippen LogP contribution >= 0.6 is 0 Å². The van der Waals surface area contributed by atoms with Crippen molar-refractivity contribution in [3.63, 3.8) is 0 Å². The first kappa shape index (κ1) is 16.6. The van der Waals surface area contributed by atoms with Gasteiger partial charge in [0.15, 0.2) is 5.96 Å². The molecule has 1 fully saturated rings. The molecule has 0 unspecified atom stereocenters. The van der Waals surface area contributed by atoms with Crippen molar-refractivity contribution >= 4 is 5.96 Å². The molecule has 2 rings (SSSR count). The number of guanidine groups is 1. The van der Waals surface area contributed by atoms with Gasteiger partial charge in [-0.25, -0.2) is 9.67 Å². The summed E-state index contributed by atoms with van der Waals surface area (Å²) in [5.41, 5.74) is 8.11. The molecule has 1 aliphatic rings. The van der Waals surface area contributed by atoms with E-state index in [9.17, 15) is 0 Å². The zero-order valence-corrected chi connectivity index (χ0v) is 14.1. The van der Waals surface area contributed by atoms with E-state index in [-0.39, 0.29) is 0 Å². The van der Waals surface area contributed by atoms with Gasteiger partial charge in [0.05, 0.1) is 24.9 Å². The number of nitrogens with zero attached hydrogens (tertiary/aromatic N) is 3. The van der Waals surface area contributed by atoms with Crippen LogP contribution in [0, 0.1) is 0 Å². The van der Waals surface area contributed by atoms with Crippen molar-refractivity contribution in [3.8, 4) is 5.88 Å². The molecule has 1 aromatic heterocycles. The van der Waals surface area contributed by atoms with Gasteiger partial charge in [-0.1, -0.05) is 32.6 Å². The summed E-state index contributed by atoms with van der Waals surface area (Å²) in [5.74, 6) is 1.29. The van der Waals surface area contributed by atoms with Crippen molar-refractivity contribution < 1.29 is 4.74 Å². The van der Waals surface area contributed by atoms with Crippen LogP contribution in [-0.4, -0.2) is 28.9 Å². The molecule has 0 aliphatic heterocycles. The Bertz CT molecular complexity index is 501. The lowest BCUT2D eigenvalue weighted by Gasteiger charge is -2.16. The van der Waals surface area contributed by atoms with E-state index in [0.717, 1.165) is 23.6 Å². The molecule has 0 bridgehead atoms. The molecule has 0 spiro atoms. The number of nitrogens with one attached hydrogen (secondary N) is 1. The quantitative estimate of drug-likeness (QED) is 0.496. The number of aliphatic imine (C=N–C) groups is 1. The highest BCUT2D eigenvalue weighted by molar-refractivity contribution is 5.78. The third kappa shape index (κ3) is 4.15. The zero-order valence-electron chi connectivity index (χ0n) is 14.1. The normalized spacial score (nSPS) is 17.3. The van der Waals surface area contributed by atoms with E-state index in [1.165, 1.54) is 38.5 Å². The van der Waals surface area contributed by atoms with Gasteiger partial charge in [0.1, 0.15) is 0 Å². The van der Waals surface area contributed by atoms with Crippen LogP contribution in [0.25, 0.3) is 0 Å². The summed E-state index contributed by atoms with van der Waals surface area (Å²) in [6.45, 7) is 2.59. The van der Waals surface area contributed by atoms with E-state index in [1.807, 2.05) is 7.05 Å². The topological polar surface area (TPSA) is 77.5 Å². The number of methoxy groups -OCH3 is 1. The minimum absolute atomic E-state index is 0.465. The van der Waals surface area contributed by atoms with Gasteiger partial charge in [0.2, 0.25) is 5.88 Å². The second kappa shape index (κ2) is 8.06. The van der Waals surface area contributed by atoms with E-state index in [0.29, 0.717) is 18.5 Å². The SMILES string of the molecule is CCc1nn(C)c(OC)c1CN=C(N)NC1CCCCCC1. The Morgan fingerprint density at radius 3 is 2.64 bits per heavy atom. The highest BCUT2D eigenvalue weighted by Gasteiger charge is 2.16. The van der Waals surface area contributed by atoms with Gasteiger partial charge in [-0.15, -0.1) is 0 Å². The second-order valence-electron chi connectivity index (χ2n) is 5.95. The molecule has 1 aliphatic carbocycles. The van der Waals surface area contributed by atoms with Gasteiger partial charge in [-0.05, 0) is 19.3 Å². The summed E-state index contributed by atoms with van der Waals surface area (Å²) < 4.78 is 7.19. The van der Waals surface area contributed by atoms with Gasteiger partial charge >= 0.3 is 0 Å². The molecule has 6 nitrogen and oxygen atoms in total. The number of nitrogens with two attached hydrogens (primary N) is 1. The van der Waals surface area contributed by atoms with Crippen molar-refractivity contribution in [2.45, 2.75) is 64.5 Å². The first-order valence-electron chi connectivity index (χ1n) is 8.30. The number of rotatable bonds is 5. The van der Waals surface area contributed by atoms with E-state index in [2.05, 4.69) is 22.3 Å². The molecule has 6 heteroatoms. The minimum atomic E-state index is 0.465. The lowest BCUT2D eigenvalue weighted by Crippen LogP contribution is -2.39. The van der Waals surface area contributed by atoms with Crippen LogP contribution in [0.1, 0.15) is 56.7 Å². The lowest BCUT2D eigenvalue weighted by atomic mass is 10.1. The van der Waals surface area contributed by atoms with Gasteiger partial charge in [-0.2, -0.15) is 5.10 Å². The molecule has 124 valence electrons. The average molecular weight is 307 g/mol. The standard InChI is InChI=1S/C16H29N5O/c1-4-14-13(15(22-3)21(2)20-14)11-18-16(17)19-12-9-7-5-6-8-10-12/h12H,4-11H2,1-3H3,(H3,17,18,19). The Balaban J connectivity index is 2.00. The van der Waals surface area contributed by atoms with Gasteiger partial charge < -0.3 is 15.8 Å². The summed E-state index contributed by atoms with van der Waals surface area (Å²) in [5, 5.41) is 7.84. The fraction of sp³-hybridized carbons (Fsp3) is 0.750. The monoisotopic (exact) mass is 307 g/mol. The smallest absolute Gasteiger partial charge is 0.216 e. The number of hydrogen-bond acceptors (Lipinski definition) is 3.